The zero-order valence-electron chi connectivity index (χ0n) is 21.7. The lowest BCUT2D eigenvalue weighted by molar-refractivity contribution is -0.136. The number of benzene rings is 2. The van der Waals surface area contributed by atoms with E-state index in [9.17, 15) is 9.59 Å². The second-order valence-corrected chi connectivity index (χ2v) is 9.45. The summed E-state index contributed by atoms with van der Waals surface area (Å²) in [5.74, 6) is -0.748. The van der Waals surface area contributed by atoms with Crippen LogP contribution in [0, 0.1) is 41.5 Å². The molecule has 5 nitrogen and oxygen atoms in total. The zero-order valence-corrected chi connectivity index (χ0v) is 21.7. The van der Waals surface area contributed by atoms with E-state index in [0.29, 0.717) is 16.8 Å². The Labute approximate surface area is 207 Å². The van der Waals surface area contributed by atoms with Gasteiger partial charge in [-0.15, -0.1) is 0 Å². The van der Waals surface area contributed by atoms with Crippen molar-refractivity contribution in [1.82, 2.24) is 4.57 Å². The second-order valence-electron chi connectivity index (χ2n) is 9.45. The van der Waals surface area contributed by atoms with E-state index in [1.54, 1.807) is 11.8 Å². The third kappa shape index (κ3) is 4.23. The van der Waals surface area contributed by atoms with Gasteiger partial charge in [-0.1, -0.05) is 18.2 Å². The van der Waals surface area contributed by atoms with E-state index < -0.39 is 5.97 Å². The van der Waals surface area contributed by atoms with Crippen molar-refractivity contribution in [3.8, 4) is 5.69 Å². The fraction of sp³-hybridized carbons (Fsp3) is 0.267. The van der Waals surface area contributed by atoms with E-state index in [-0.39, 0.29) is 5.91 Å². The van der Waals surface area contributed by atoms with E-state index in [1.807, 2.05) is 39.0 Å². The van der Waals surface area contributed by atoms with E-state index in [1.165, 1.54) is 18.2 Å². The van der Waals surface area contributed by atoms with Crippen LogP contribution >= 0.6 is 0 Å². The molecule has 180 valence electrons. The van der Waals surface area contributed by atoms with Crippen LogP contribution < -0.4 is 4.90 Å². The van der Waals surface area contributed by atoms with Gasteiger partial charge in [-0.3, -0.25) is 9.69 Å². The number of amides is 1. The van der Waals surface area contributed by atoms with Gasteiger partial charge in [-0.05, 0) is 107 Å². The van der Waals surface area contributed by atoms with Gasteiger partial charge in [0, 0.05) is 28.5 Å². The van der Waals surface area contributed by atoms with Crippen LogP contribution in [-0.4, -0.2) is 23.6 Å². The van der Waals surface area contributed by atoms with Gasteiger partial charge in [0.1, 0.15) is 0 Å². The SMILES string of the molecule is COC(=O)C1=C(C)N(c2cc(C)cc(C)c2)C(=O)/C1=C\c1cc(C)n(-c2cc(C)ccc2C)c1C. The molecule has 0 radical (unpaired) electrons. The molecule has 5 heteroatoms. The van der Waals surface area contributed by atoms with Crippen molar-refractivity contribution in [3.05, 3.63) is 98.5 Å². The van der Waals surface area contributed by atoms with Crippen molar-refractivity contribution in [2.24, 2.45) is 0 Å². The monoisotopic (exact) mass is 468 g/mol. The molecule has 0 saturated heterocycles. The smallest absolute Gasteiger partial charge is 0.340 e. The fourth-order valence-electron chi connectivity index (χ4n) is 4.99. The number of aromatic nitrogens is 1. The van der Waals surface area contributed by atoms with Crippen molar-refractivity contribution in [2.45, 2.75) is 48.5 Å². The summed E-state index contributed by atoms with van der Waals surface area (Å²) < 4.78 is 7.29. The van der Waals surface area contributed by atoms with E-state index in [0.717, 1.165) is 39.5 Å². The summed E-state index contributed by atoms with van der Waals surface area (Å²) in [6.45, 7) is 14.0. The number of methoxy groups -OCH3 is 1. The summed E-state index contributed by atoms with van der Waals surface area (Å²) in [4.78, 5) is 28.2. The Hall–Kier alpha value is -3.86. The van der Waals surface area contributed by atoms with Gasteiger partial charge in [0.25, 0.3) is 5.91 Å². The van der Waals surface area contributed by atoms with Crippen LogP contribution in [0.2, 0.25) is 0 Å². The van der Waals surface area contributed by atoms with Crippen LogP contribution in [0.5, 0.6) is 0 Å². The maximum Gasteiger partial charge on any atom is 0.340 e. The zero-order chi connectivity index (χ0) is 25.6. The van der Waals surface area contributed by atoms with Crippen molar-refractivity contribution >= 4 is 23.6 Å². The van der Waals surface area contributed by atoms with E-state index in [4.69, 9.17) is 4.74 Å². The number of aryl methyl sites for hydroxylation is 5. The largest absolute Gasteiger partial charge is 0.465 e. The normalized spacial score (nSPS) is 14.9. The fourth-order valence-corrected chi connectivity index (χ4v) is 4.99. The number of hydrogen-bond donors (Lipinski definition) is 0. The molecule has 0 atom stereocenters. The Morgan fingerprint density at radius 2 is 1.51 bits per heavy atom. The molecular formula is C30H32N2O3. The minimum atomic E-state index is -0.516. The van der Waals surface area contributed by atoms with Crippen LogP contribution in [0.3, 0.4) is 0 Å². The van der Waals surface area contributed by atoms with Crippen molar-refractivity contribution in [2.75, 3.05) is 12.0 Å². The summed E-state index contributed by atoms with van der Waals surface area (Å²) in [6.07, 6.45) is 1.82. The molecule has 1 aliphatic heterocycles. The first-order chi connectivity index (χ1) is 16.5. The highest BCUT2D eigenvalue weighted by atomic mass is 16.5. The number of nitrogens with zero attached hydrogens (tertiary/aromatic N) is 2. The third-order valence-electron chi connectivity index (χ3n) is 6.63. The van der Waals surface area contributed by atoms with Gasteiger partial charge >= 0.3 is 5.97 Å². The molecule has 35 heavy (non-hydrogen) atoms. The van der Waals surface area contributed by atoms with Gasteiger partial charge in [-0.2, -0.15) is 0 Å². The number of rotatable bonds is 4. The molecule has 0 N–H and O–H groups in total. The first-order valence-corrected chi connectivity index (χ1v) is 11.7. The Bertz CT molecular complexity index is 1420. The highest BCUT2D eigenvalue weighted by Crippen LogP contribution is 2.37. The van der Waals surface area contributed by atoms with E-state index in [2.05, 4.69) is 55.7 Å². The molecule has 0 fully saturated rings. The van der Waals surface area contributed by atoms with E-state index >= 15 is 0 Å². The molecular weight excluding hydrogens is 436 g/mol. The summed E-state index contributed by atoms with van der Waals surface area (Å²) >= 11 is 0. The van der Waals surface area contributed by atoms with Gasteiger partial charge in [-0.25, -0.2) is 4.79 Å². The summed E-state index contributed by atoms with van der Waals surface area (Å²) in [7, 11) is 1.34. The summed E-state index contributed by atoms with van der Waals surface area (Å²) in [5, 5.41) is 0. The molecule has 0 spiro atoms. The van der Waals surface area contributed by atoms with Gasteiger partial charge in [0.15, 0.2) is 0 Å². The molecule has 0 unspecified atom stereocenters. The predicted molar refractivity (Wildman–Crippen MR) is 141 cm³/mol. The van der Waals surface area contributed by atoms with Crippen LogP contribution in [-0.2, 0) is 14.3 Å². The molecule has 1 aliphatic rings. The molecule has 0 aliphatic carbocycles. The average molecular weight is 469 g/mol. The summed E-state index contributed by atoms with van der Waals surface area (Å²) in [5.41, 5.74) is 10.5. The Morgan fingerprint density at radius 3 is 2.14 bits per heavy atom. The first kappa shape index (κ1) is 24.3. The molecule has 0 bridgehead atoms. The highest BCUT2D eigenvalue weighted by molar-refractivity contribution is 6.23. The topological polar surface area (TPSA) is 51.5 Å². The Kier molecular flexibility index (Phi) is 6.28. The lowest BCUT2D eigenvalue weighted by atomic mass is 10.0. The third-order valence-corrected chi connectivity index (χ3v) is 6.63. The Morgan fingerprint density at radius 1 is 0.857 bits per heavy atom. The van der Waals surface area contributed by atoms with Crippen LogP contribution in [0.4, 0.5) is 5.69 Å². The number of hydrogen-bond acceptors (Lipinski definition) is 3. The highest BCUT2D eigenvalue weighted by Gasteiger charge is 2.38. The number of ether oxygens (including phenoxy) is 1. The second kappa shape index (κ2) is 9.06. The molecule has 4 rings (SSSR count). The maximum atomic E-state index is 13.7. The van der Waals surface area contributed by atoms with Gasteiger partial charge in [0.05, 0.1) is 18.3 Å². The number of carbonyl (C=O) groups is 2. The molecule has 3 aromatic rings. The molecule has 2 heterocycles. The number of allylic oxidation sites excluding steroid dienone is 1. The quantitative estimate of drug-likeness (QED) is 0.338. The number of esters is 1. The summed E-state index contributed by atoms with van der Waals surface area (Å²) in [6, 6.07) is 14.4. The maximum absolute atomic E-state index is 13.7. The minimum Gasteiger partial charge on any atom is -0.465 e. The van der Waals surface area contributed by atoms with Crippen LogP contribution in [0.1, 0.15) is 46.1 Å². The van der Waals surface area contributed by atoms with Crippen molar-refractivity contribution < 1.29 is 14.3 Å². The number of anilines is 1. The molecule has 1 aromatic heterocycles. The lowest BCUT2D eigenvalue weighted by Crippen LogP contribution is -2.24. The van der Waals surface area contributed by atoms with Crippen molar-refractivity contribution in [3.63, 3.8) is 0 Å². The minimum absolute atomic E-state index is 0.232. The standard InChI is InChI=1S/C30H32N2O3/c1-17-9-10-20(4)27(14-17)31-21(5)15-24(22(31)6)16-26-28(30(34)35-8)23(7)32(29(26)33)25-12-18(2)11-19(3)13-25/h9-16H,1-8H3/b26-16-. The van der Waals surface area contributed by atoms with Crippen molar-refractivity contribution in [1.29, 1.82) is 0 Å². The van der Waals surface area contributed by atoms with Crippen LogP contribution in [0.15, 0.2) is 59.3 Å². The molecule has 1 amide bonds. The predicted octanol–water partition coefficient (Wildman–Crippen LogP) is 6.21. The number of carbonyl (C=O) groups excluding carboxylic acids is 2. The average Bonchev–Trinajstić information content (AvgIpc) is 3.20. The lowest BCUT2D eigenvalue weighted by Gasteiger charge is -2.19. The first-order valence-electron chi connectivity index (χ1n) is 11.7. The molecule has 2 aromatic carbocycles. The molecule has 0 saturated carbocycles. The Balaban J connectivity index is 1.88. The van der Waals surface area contributed by atoms with Crippen LogP contribution in [0.25, 0.3) is 11.8 Å². The van der Waals surface area contributed by atoms with Gasteiger partial charge < -0.3 is 9.30 Å². The van der Waals surface area contributed by atoms with Gasteiger partial charge in [0.2, 0.25) is 0 Å².